The van der Waals surface area contributed by atoms with Crippen LogP contribution in [-0.4, -0.2) is 50.7 Å². The van der Waals surface area contributed by atoms with E-state index in [4.69, 9.17) is 0 Å². The normalized spacial score (nSPS) is 27.2. The van der Waals surface area contributed by atoms with Gasteiger partial charge in [-0.2, -0.15) is 0 Å². The van der Waals surface area contributed by atoms with E-state index in [0.29, 0.717) is 6.04 Å². The van der Waals surface area contributed by atoms with E-state index < -0.39 is 0 Å². The van der Waals surface area contributed by atoms with Crippen molar-refractivity contribution >= 4 is 5.69 Å². The summed E-state index contributed by atoms with van der Waals surface area (Å²) in [6.45, 7) is 5.13. The van der Waals surface area contributed by atoms with Crippen molar-refractivity contribution in [3.05, 3.63) is 30.1 Å². The van der Waals surface area contributed by atoms with Crippen molar-refractivity contribution in [1.82, 2.24) is 10.2 Å². The van der Waals surface area contributed by atoms with Crippen molar-refractivity contribution in [2.75, 3.05) is 44.7 Å². The molecule has 21 heavy (non-hydrogen) atoms. The van der Waals surface area contributed by atoms with Crippen LogP contribution < -0.4 is 10.2 Å². The van der Waals surface area contributed by atoms with Gasteiger partial charge in [-0.1, -0.05) is 18.6 Å². The first-order chi connectivity index (χ1) is 10.3. The molecule has 4 heteroatoms. The van der Waals surface area contributed by atoms with Crippen LogP contribution in [0.5, 0.6) is 0 Å². The average molecular weight is 291 g/mol. The Kier molecular flexibility index (Phi) is 4.76. The number of nitrogens with zero attached hydrogens (tertiary/aromatic N) is 2. The number of hydrogen-bond acceptors (Lipinski definition) is 3. The lowest BCUT2D eigenvalue weighted by Gasteiger charge is -2.38. The number of benzene rings is 1. The Morgan fingerprint density at radius 3 is 2.62 bits per heavy atom. The van der Waals surface area contributed by atoms with E-state index in [1.165, 1.54) is 25.8 Å². The molecule has 1 saturated carbocycles. The average Bonchev–Trinajstić information content (AvgIpc) is 2.96. The molecule has 1 heterocycles. The summed E-state index contributed by atoms with van der Waals surface area (Å²) in [4.78, 5) is 4.73. The van der Waals surface area contributed by atoms with E-state index in [-0.39, 0.29) is 5.82 Å². The molecular formula is C17H26FN3. The van der Waals surface area contributed by atoms with Crippen molar-refractivity contribution in [3.8, 4) is 0 Å². The molecule has 3 nitrogen and oxygen atoms in total. The summed E-state index contributed by atoms with van der Waals surface area (Å²) in [7, 11) is 2.08. The van der Waals surface area contributed by atoms with Gasteiger partial charge in [-0.05, 0) is 37.9 Å². The molecule has 0 amide bonds. The van der Waals surface area contributed by atoms with Gasteiger partial charge in [0.15, 0.2) is 0 Å². The Morgan fingerprint density at radius 2 is 1.90 bits per heavy atom. The molecule has 0 radical (unpaired) electrons. The van der Waals surface area contributed by atoms with E-state index in [9.17, 15) is 4.39 Å². The molecule has 1 aromatic rings. The van der Waals surface area contributed by atoms with Crippen LogP contribution in [0.25, 0.3) is 0 Å². The third kappa shape index (κ3) is 3.38. The molecule has 1 N–H and O–H groups in total. The molecule has 2 fully saturated rings. The van der Waals surface area contributed by atoms with Crippen LogP contribution in [0.1, 0.15) is 19.3 Å². The van der Waals surface area contributed by atoms with Gasteiger partial charge in [-0.25, -0.2) is 4.39 Å². The van der Waals surface area contributed by atoms with Gasteiger partial charge in [0.1, 0.15) is 5.82 Å². The molecule has 0 spiro atoms. The largest absolute Gasteiger partial charge is 0.367 e. The molecule has 0 bridgehead atoms. The van der Waals surface area contributed by atoms with E-state index in [1.54, 1.807) is 12.1 Å². The zero-order chi connectivity index (χ0) is 14.7. The van der Waals surface area contributed by atoms with Crippen molar-refractivity contribution < 1.29 is 4.39 Å². The predicted octanol–water partition coefficient (Wildman–Crippen LogP) is 2.34. The molecule has 1 saturated heterocycles. The predicted molar refractivity (Wildman–Crippen MR) is 85.2 cm³/mol. The van der Waals surface area contributed by atoms with Gasteiger partial charge >= 0.3 is 0 Å². The molecular weight excluding hydrogens is 265 g/mol. The molecule has 2 atom stereocenters. The lowest BCUT2D eigenvalue weighted by molar-refractivity contribution is 0.205. The molecule has 116 valence electrons. The second-order valence-corrected chi connectivity index (χ2v) is 6.33. The minimum Gasteiger partial charge on any atom is -0.367 e. The number of anilines is 1. The third-order valence-electron chi connectivity index (χ3n) is 5.09. The summed E-state index contributed by atoms with van der Waals surface area (Å²) < 4.78 is 13.8. The fourth-order valence-corrected chi connectivity index (χ4v) is 3.85. The van der Waals surface area contributed by atoms with Gasteiger partial charge < -0.3 is 10.2 Å². The van der Waals surface area contributed by atoms with E-state index in [2.05, 4.69) is 22.2 Å². The zero-order valence-electron chi connectivity index (χ0n) is 12.9. The first kappa shape index (κ1) is 14.8. The number of halogens is 1. The monoisotopic (exact) mass is 291 g/mol. The number of hydrogen-bond donors (Lipinski definition) is 1. The second-order valence-electron chi connectivity index (χ2n) is 6.33. The molecule has 1 aliphatic carbocycles. The highest BCUT2D eigenvalue weighted by molar-refractivity contribution is 5.47. The van der Waals surface area contributed by atoms with Crippen LogP contribution in [0.15, 0.2) is 24.3 Å². The molecule has 1 aromatic carbocycles. The lowest BCUT2D eigenvalue weighted by Crippen LogP contribution is -2.49. The van der Waals surface area contributed by atoms with Gasteiger partial charge in [-0.15, -0.1) is 0 Å². The molecule has 3 rings (SSSR count). The highest BCUT2D eigenvalue weighted by atomic mass is 19.1. The smallest absolute Gasteiger partial charge is 0.146 e. The van der Waals surface area contributed by atoms with Gasteiger partial charge in [0.25, 0.3) is 0 Å². The zero-order valence-corrected chi connectivity index (χ0v) is 12.9. The third-order valence-corrected chi connectivity index (χ3v) is 5.09. The molecule has 2 aliphatic rings. The van der Waals surface area contributed by atoms with Crippen molar-refractivity contribution in [2.45, 2.75) is 25.3 Å². The van der Waals surface area contributed by atoms with Gasteiger partial charge in [0.2, 0.25) is 0 Å². The fourth-order valence-electron chi connectivity index (χ4n) is 3.85. The first-order valence-electron chi connectivity index (χ1n) is 8.17. The van der Waals surface area contributed by atoms with Crippen LogP contribution in [0.3, 0.4) is 0 Å². The van der Waals surface area contributed by atoms with Crippen molar-refractivity contribution in [3.63, 3.8) is 0 Å². The number of para-hydroxylation sites is 1. The molecule has 0 aromatic heterocycles. The molecule has 2 unspecified atom stereocenters. The van der Waals surface area contributed by atoms with E-state index in [1.807, 2.05) is 12.1 Å². The van der Waals surface area contributed by atoms with Crippen LogP contribution in [0.4, 0.5) is 10.1 Å². The fraction of sp³-hybridized carbons (Fsp3) is 0.647. The van der Waals surface area contributed by atoms with Gasteiger partial charge in [-0.3, -0.25) is 4.90 Å². The Hall–Kier alpha value is -1.13. The van der Waals surface area contributed by atoms with Gasteiger partial charge in [0.05, 0.1) is 5.69 Å². The Labute approximate surface area is 127 Å². The van der Waals surface area contributed by atoms with E-state index in [0.717, 1.165) is 37.8 Å². The van der Waals surface area contributed by atoms with Crippen molar-refractivity contribution in [2.24, 2.45) is 5.92 Å². The Morgan fingerprint density at radius 1 is 1.14 bits per heavy atom. The van der Waals surface area contributed by atoms with Crippen molar-refractivity contribution in [1.29, 1.82) is 0 Å². The minimum atomic E-state index is -0.100. The maximum atomic E-state index is 13.8. The quantitative estimate of drug-likeness (QED) is 0.918. The highest BCUT2D eigenvalue weighted by Crippen LogP contribution is 2.27. The molecule has 1 aliphatic heterocycles. The van der Waals surface area contributed by atoms with Gasteiger partial charge in [0, 0.05) is 38.8 Å². The first-order valence-corrected chi connectivity index (χ1v) is 8.17. The second kappa shape index (κ2) is 6.75. The maximum absolute atomic E-state index is 13.8. The summed E-state index contributed by atoms with van der Waals surface area (Å²) in [5.74, 6) is 0.687. The van der Waals surface area contributed by atoms with Crippen LogP contribution in [0, 0.1) is 11.7 Å². The Bertz CT molecular complexity index is 457. The van der Waals surface area contributed by atoms with Crippen LogP contribution in [0.2, 0.25) is 0 Å². The summed E-state index contributed by atoms with van der Waals surface area (Å²) in [5, 5.41) is 3.46. The highest BCUT2D eigenvalue weighted by Gasteiger charge is 2.29. The summed E-state index contributed by atoms with van der Waals surface area (Å²) >= 11 is 0. The SMILES string of the molecule is CNC1CCCC1CN1CCN(c2ccccc2F)CC1. The standard InChI is InChI=1S/C17H26FN3/c1-19-16-7-4-5-14(16)13-20-9-11-21(12-10-20)17-8-3-2-6-15(17)18/h2-3,6,8,14,16,19H,4-5,7,9-13H2,1H3. The number of rotatable bonds is 4. The number of nitrogens with one attached hydrogen (secondary N) is 1. The summed E-state index contributed by atoms with van der Waals surface area (Å²) in [5.41, 5.74) is 0.756. The topological polar surface area (TPSA) is 18.5 Å². The lowest BCUT2D eigenvalue weighted by atomic mass is 10.0. The minimum absolute atomic E-state index is 0.100. The van der Waals surface area contributed by atoms with Crippen LogP contribution in [-0.2, 0) is 0 Å². The summed E-state index contributed by atoms with van der Waals surface area (Å²) in [6, 6.07) is 7.81. The summed E-state index contributed by atoms with van der Waals surface area (Å²) in [6.07, 6.45) is 4.01. The maximum Gasteiger partial charge on any atom is 0.146 e. The number of piperazine rings is 1. The van der Waals surface area contributed by atoms with E-state index >= 15 is 0 Å². The Balaban J connectivity index is 1.52. The van der Waals surface area contributed by atoms with Crippen LogP contribution >= 0.6 is 0 Å².